The van der Waals surface area contributed by atoms with Gasteiger partial charge in [-0.3, -0.25) is 9.59 Å². The number of carbonyl (C=O) groups excluding carboxylic acids is 2. The monoisotopic (exact) mass is 583 g/mol. The van der Waals surface area contributed by atoms with Crippen molar-refractivity contribution in [3.63, 3.8) is 0 Å². The highest BCUT2D eigenvalue weighted by Crippen LogP contribution is 2.40. The van der Waals surface area contributed by atoms with E-state index in [9.17, 15) is 9.59 Å². The molecule has 3 aromatic carbocycles. The number of halogens is 1. The molecule has 0 aromatic heterocycles. The number of para-hydroxylation sites is 2. The number of methoxy groups -OCH3 is 2. The third-order valence-electron chi connectivity index (χ3n) is 7.12. The molecule has 4 rings (SSSR count). The lowest BCUT2D eigenvalue weighted by Crippen LogP contribution is -2.62. The van der Waals surface area contributed by atoms with E-state index in [2.05, 4.69) is 26.6 Å². The third kappa shape index (κ3) is 5.50. The first-order valence-corrected chi connectivity index (χ1v) is 13.3. The molecule has 2 N–H and O–H groups in total. The average molecular weight is 585 g/mol. The van der Waals surface area contributed by atoms with Gasteiger partial charge in [-0.15, -0.1) is 0 Å². The second kappa shape index (κ2) is 11.7. The highest BCUT2D eigenvalue weighted by Gasteiger charge is 2.48. The van der Waals surface area contributed by atoms with Crippen LogP contribution in [0.1, 0.15) is 25.8 Å². The van der Waals surface area contributed by atoms with Crippen LogP contribution in [0.3, 0.4) is 0 Å². The van der Waals surface area contributed by atoms with Crippen LogP contribution in [-0.4, -0.2) is 57.4 Å². The van der Waals surface area contributed by atoms with E-state index < -0.39 is 17.7 Å². The molecule has 0 saturated heterocycles. The second-order valence-corrected chi connectivity index (χ2v) is 10.5. The molecule has 2 amide bonds. The predicted octanol–water partition coefficient (Wildman–Crippen LogP) is 4.42. The van der Waals surface area contributed by atoms with Crippen LogP contribution < -0.4 is 25.0 Å². The summed E-state index contributed by atoms with van der Waals surface area (Å²) in [7, 11) is 4.92. The number of anilines is 1. The number of ether oxygens (including phenoxy) is 3. The maximum absolute atomic E-state index is 14.4. The van der Waals surface area contributed by atoms with Crippen molar-refractivity contribution in [2.45, 2.75) is 44.5 Å². The van der Waals surface area contributed by atoms with Gasteiger partial charge >= 0.3 is 0 Å². The number of hydrogen-bond donors (Lipinski definition) is 2. The number of benzene rings is 3. The summed E-state index contributed by atoms with van der Waals surface area (Å²) in [5, 5.41) is 7.89. The smallest absolute Gasteiger partial charge is 0.254 e. The first kappa shape index (κ1) is 27.9. The predicted molar refractivity (Wildman–Crippen MR) is 152 cm³/mol. The number of nitrogens with one attached hydrogen (secondary N) is 2. The summed E-state index contributed by atoms with van der Waals surface area (Å²) in [4.78, 5) is 29.2. The summed E-state index contributed by atoms with van der Waals surface area (Å²) in [5.41, 5.74) is 0.417. The van der Waals surface area contributed by atoms with Crippen LogP contribution in [0, 0.1) is 0 Å². The van der Waals surface area contributed by atoms with Crippen molar-refractivity contribution >= 4 is 44.2 Å². The van der Waals surface area contributed by atoms with Gasteiger partial charge in [-0.1, -0.05) is 40.2 Å². The van der Waals surface area contributed by atoms with Crippen LogP contribution >= 0.6 is 15.9 Å². The summed E-state index contributed by atoms with van der Waals surface area (Å²) in [5.74, 6) is 0.652. The van der Waals surface area contributed by atoms with Gasteiger partial charge in [0.1, 0.15) is 23.1 Å². The molecule has 202 valence electrons. The molecule has 3 atom stereocenters. The zero-order valence-electron chi connectivity index (χ0n) is 22.3. The molecule has 0 saturated carbocycles. The summed E-state index contributed by atoms with van der Waals surface area (Å²) in [6.07, 6.45) is 0.391. The van der Waals surface area contributed by atoms with Gasteiger partial charge in [0, 0.05) is 23.6 Å². The normalized spacial score (nSPS) is 19.9. The maximum atomic E-state index is 14.4. The van der Waals surface area contributed by atoms with Crippen molar-refractivity contribution in [3.05, 3.63) is 64.6 Å². The Balaban J connectivity index is 1.86. The fraction of sp³-hybridized carbons (Fsp3) is 0.379. The molecule has 8 nitrogen and oxygen atoms in total. The van der Waals surface area contributed by atoms with E-state index >= 15 is 0 Å². The van der Waals surface area contributed by atoms with Gasteiger partial charge in [-0.2, -0.15) is 0 Å². The largest absolute Gasteiger partial charge is 0.496 e. The quantitative estimate of drug-likeness (QED) is 0.387. The van der Waals surface area contributed by atoms with E-state index in [0.717, 1.165) is 20.8 Å². The minimum atomic E-state index is -1.06. The van der Waals surface area contributed by atoms with Gasteiger partial charge in [0.2, 0.25) is 5.91 Å². The van der Waals surface area contributed by atoms with E-state index in [1.165, 1.54) is 0 Å². The Morgan fingerprint density at radius 2 is 1.95 bits per heavy atom. The number of rotatable bonds is 9. The summed E-state index contributed by atoms with van der Waals surface area (Å²) in [6.45, 7) is 4.16. The van der Waals surface area contributed by atoms with Gasteiger partial charge in [0.25, 0.3) is 5.91 Å². The number of likely N-dealkylation sites (N-methyl/N-ethyl adjacent to an activating group) is 1. The van der Waals surface area contributed by atoms with E-state index in [1.54, 1.807) is 33.1 Å². The maximum Gasteiger partial charge on any atom is 0.254 e. The van der Waals surface area contributed by atoms with Crippen LogP contribution in [0.25, 0.3) is 10.8 Å². The summed E-state index contributed by atoms with van der Waals surface area (Å²) in [6, 6.07) is 15.9. The molecular formula is C29H34BrN3O5. The topological polar surface area (TPSA) is 89.1 Å². The van der Waals surface area contributed by atoms with Crippen molar-refractivity contribution in [1.29, 1.82) is 0 Å². The third-order valence-corrected chi connectivity index (χ3v) is 7.62. The van der Waals surface area contributed by atoms with Crippen molar-refractivity contribution in [2.24, 2.45) is 0 Å². The van der Waals surface area contributed by atoms with Crippen molar-refractivity contribution in [1.82, 2.24) is 10.6 Å². The van der Waals surface area contributed by atoms with Crippen LogP contribution in [0.2, 0.25) is 0 Å². The van der Waals surface area contributed by atoms with Crippen molar-refractivity contribution < 1.29 is 23.8 Å². The Bertz CT molecular complexity index is 1330. The molecule has 3 unspecified atom stereocenters. The lowest BCUT2D eigenvalue weighted by atomic mass is 9.91. The van der Waals surface area contributed by atoms with Crippen LogP contribution in [0.4, 0.5) is 5.69 Å². The molecule has 0 fully saturated rings. The van der Waals surface area contributed by atoms with Crippen LogP contribution in [0.5, 0.6) is 11.5 Å². The zero-order chi connectivity index (χ0) is 27.4. The Morgan fingerprint density at radius 1 is 1.18 bits per heavy atom. The number of hydrogen-bond acceptors (Lipinski definition) is 6. The number of fused-ring (bicyclic) bond motifs is 2. The number of carbonyl (C=O) groups is 2. The molecule has 0 radical (unpaired) electrons. The second-order valence-electron chi connectivity index (χ2n) is 9.61. The lowest BCUT2D eigenvalue weighted by Gasteiger charge is -2.36. The van der Waals surface area contributed by atoms with E-state index in [0.29, 0.717) is 30.2 Å². The molecule has 1 aliphatic rings. The molecule has 1 heterocycles. The van der Waals surface area contributed by atoms with Crippen molar-refractivity contribution in [2.75, 3.05) is 32.8 Å². The van der Waals surface area contributed by atoms with Gasteiger partial charge in [-0.05, 0) is 62.0 Å². The molecule has 0 aliphatic carbocycles. The van der Waals surface area contributed by atoms with Gasteiger partial charge in [0.05, 0.1) is 32.0 Å². The Labute approximate surface area is 231 Å². The molecule has 0 bridgehead atoms. The average Bonchev–Trinajstić information content (AvgIpc) is 3.00. The standard InChI is InChI=1S/C29H34BrN3O5/c1-18(31-3)27(34)32-26-28(35)33(23-8-6-7-9-25(23)38-29(26,2)14-15-36-4)17-22-21-12-11-20(30)16-19(21)10-13-24(22)37-5/h6-13,16,18,26,31H,14-15,17H2,1-5H3,(H,32,34). The van der Waals surface area contributed by atoms with Gasteiger partial charge in [-0.25, -0.2) is 0 Å². The van der Waals surface area contributed by atoms with Crippen LogP contribution in [0.15, 0.2) is 59.1 Å². The Kier molecular flexibility index (Phi) is 8.60. The molecule has 3 aromatic rings. The molecule has 1 aliphatic heterocycles. The minimum Gasteiger partial charge on any atom is -0.496 e. The fourth-order valence-corrected chi connectivity index (χ4v) is 5.12. The lowest BCUT2D eigenvalue weighted by molar-refractivity contribution is -0.133. The molecule has 0 spiro atoms. The first-order valence-electron chi connectivity index (χ1n) is 12.5. The Hall–Kier alpha value is -3.14. The van der Waals surface area contributed by atoms with Gasteiger partial charge in [0.15, 0.2) is 0 Å². The zero-order valence-corrected chi connectivity index (χ0v) is 23.9. The van der Waals surface area contributed by atoms with E-state index in [-0.39, 0.29) is 18.4 Å². The highest BCUT2D eigenvalue weighted by molar-refractivity contribution is 9.10. The first-order chi connectivity index (χ1) is 18.2. The molecule has 38 heavy (non-hydrogen) atoms. The SMILES string of the molecule is CNC(C)C(=O)NC1C(=O)N(Cc2c(OC)ccc3cc(Br)ccc23)c2ccccc2OC1(C)CCOC. The molecular weight excluding hydrogens is 550 g/mol. The highest BCUT2D eigenvalue weighted by atomic mass is 79.9. The van der Waals surface area contributed by atoms with Crippen molar-refractivity contribution in [3.8, 4) is 11.5 Å². The fourth-order valence-electron chi connectivity index (χ4n) is 4.75. The number of nitrogens with zero attached hydrogens (tertiary/aromatic N) is 1. The van der Waals surface area contributed by atoms with E-state index in [4.69, 9.17) is 14.2 Å². The number of amides is 2. The summed E-state index contributed by atoms with van der Waals surface area (Å²) >= 11 is 3.55. The van der Waals surface area contributed by atoms with Crippen LogP contribution in [-0.2, 0) is 20.9 Å². The summed E-state index contributed by atoms with van der Waals surface area (Å²) < 4.78 is 18.6. The van der Waals surface area contributed by atoms with Gasteiger partial charge < -0.3 is 29.7 Å². The minimum absolute atomic E-state index is 0.218. The molecule has 9 heteroatoms. The van der Waals surface area contributed by atoms with E-state index in [1.807, 2.05) is 61.5 Å². The Morgan fingerprint density at radius 3 is 2.66 bits per heavy atom.